The minimum absolute atomic E-state index is 0.0182. The van der Waals surface area contributed by atoms with E-state index in [0.29, 0.717) is 5.56 Å². The Morgan fingerprint density at radius 2 is 2.11 bits per heavy atom. The van der Waals surface area contributed by atoms with E-state index < -0.39 is 4.92 Å². The Morgan fingerprint density at radius 3 is 2.79 bits per heavy atom. The van der Waals surface area contributed by atoms with E-state index in [-0.39, 0.29) is 27.6 Å². The standard InChI is InChI=1S/C11H7Cl2N3O3/c1-6-5-14-11(13)15-10(6)19-9-7(12)3-2-4-8(9)16(17)18/h2-5H,1H3. The van der Waals surface area contributed by atoms with E-state index in [1.807, 2.05) is 0 Å². The molecule has 1 heterocycles. The van der Waals surface area contributed by atoms with Crippen LogP contribution in [0.25, 0.3) is 0 Å². The largest absolute Gasteiger partial charge is 0.430 e. The van der Waals surface area contributed by atoms with Crippen molar-refractivity contribution in [1.29, 1.82) is 0 Å². The Balaban J connectivity index is 2.49. The number of nitro groups is 1. The van der Waals surface area contributed by atoms with Gasteiger partial charge in [-0.25, -0.2) is 4.98 Å². The number of nitrogens with zero attached hydrogens (tertiary/aromatic N) is 3. The van der Waals surface area contributed by atoms with Crippen molar-refractivity contribution in [3.8, 4) is 11.6 Å². The van der Waals surface area contributed by atoms with Crippen LogP contribution in [-0.4, -0.2) is 14.9 Å². The second-order valence-electron chi connectivity index (χ2n) is 3.57. The number of ether oxygens (including phenoxy) is 1. The number of para-hydroxylation sites is 1. The van der Waals surface area contributed by atoms with Gasteiger partial charge in [-0.15, -0.1) is 0 Å². The number of benzene rings is 1. The summed E-state index contributed by atoms with van der Waals surface area (Å²) in [6.07, 6.45) is 1.45. The van der Waals surface area contributed by atoms with E-state index in [2.05, 4.69) is 9.97 Å². The maximum Gasteiger partial charge on any atom is 0.313 e. The summed E-state index contributed by atoms with van der Waals surface area (Å²) in [5.74, 6) is 0.0447. The summed E-state index contributed by atoms with van der Waals surface area (Å²) in [6, 6.07) is 4.24. The number of aromatic nitrogens is 2. The molecule has 1 aromatic carbocycles. The van der Waals surface area contributed by atoms with Gasteiger partial charge in [0.25, 0.3) is 0 Å². The summed E-state index contributed by atoms with van der Waals surface area (Å²) in [7, 11) is 0. The molecule has 0 radical (unpaired) electrons. The first-order valence-corrected chi connectivity index (χ1v) is 5.84. The summed E-state index contributed by atoms with van der Waals surface area (Å²) in [5.41, 5.74) is 0.334. The average Bonchev–Trinajstić information content (AvgIpc) is 2.35. The first-order chi connectivity index (χ1) is 8.99. The van der Waals surface area contributed by atoms with Crippen LogP contribution in [0.2, 0.25) is 10.3 Å². The minimum atomic E-state index is -0.584. The zero-order chi connectivity index (χ0) is 14.0. The van der Waals surface area contributed by atoms with Crippen molar-refractivity contribution in [1.82, 2.24) is 9.97 Å². The SMILES string of the molecule is Cc1cnc(Cl)nc1Oc1c(Cl)cccc1[N+](=O)[O-]. The predicted octanol–water partition coefficient (Wildman–Crippen LogP) is 3.79. The normalized spacial score (nSPS) is 10.3. The van der Waals surface area contributed by atoms with Gasteiger partial charge in [0.05, 0.1) is 9.95 Å². The van der Waals surface area contributed by atoms with Crippen LogP contribution < -0.4 is 4.74 Å². The van der Waals surface area contributed by atoms with Gasteiger partial charge < -0.3 is 4.74 Å². The molecule has 0 saturated heterocycles. The first-order valence-electron chi connectivity index (χ1n) is 5.09. The molecule has 0 aliphatic heterocycles. The first kappa shape index (κ1) is 13.5. The molecule has 0 amide bonds. The van der Waals surface area contributed by atoms with Crippen molar-refractivity contribution < 1.29 is 9.66 Å². The van der Waals surface area contributed by atoms with Crippen molar-refractivity contribution in [2.75, 3.05) is 0 Å². The maximum absolute atomic E-state index is 10.9. The van der Waals surface area contributed by atoms with Crippen LogP contribution in [0.5, 0.6) is 11.6 Å². The molecule has 2 aromatic rings. The topological polar surface area (TPSA) is 78.2 Å². The Morgan fingerprint density at radius 1 is 1.37 bits per heavy atom. The van der Waals surface area contributed by atoms with Crippen molar-refractivity contribution in [2.24, 2.45) is 0 Å². The molecular formula is C11H7Cl2N3O3. The number of rotatable bonds is 3. The Bertz CT molecular complexity index is 649. The molecule has 0 fully saturated rings. The quantitative estimate of drug-likeness (QED) is 0.489. The molecule has 6 nitrogen and oxygen atoms in total. The maximum atomic E-state index is 10.9. The number of hydrogen-bond acceptors (Lipinski definition) is 5. The summed E-state index contributed by atoms with van der Waals surface area (Å²) >= 11 is 11.6. The highest BCUT2D eigenvalue weighted by atomic mass is 35.5. The highest BCUT2D eigenvalue weighted by Gasteiger charge is 2.20. The fourth-order valence-electron chi connectivity index (χ4n) is 1.35. The highest BCUT2D eigenvalue weighted by molar-refractivity contribution is 6.32. The van der Waals surface area contributed by atoms with Gasteiger partial charge in [-0.3, -0.25) is 10.1 Å². The number of aryl methyl sites for hydroxylation is 1. The van der Waals surface area contributed by atoms with Crippen molar-refractivity contribution in [3.63, 3.8) is 0 Å². The lowest BCUT2D eigenvalue weighted by molar-refractivity contribution is -0.385. The van der Waals surface area contributed by atoms with E-state index in [1.54, 1.807) is 6.92 Å². The number of halogens is 2. The second kappa shape index (κ2) is 5.38. The molecule has 0 saturated carbocycles. The fraction of sp³-hybridized carbons (Fsp3) is 0.0909. The second-order valence-corrected chi connectivity index (χ2v) is 4.32. The molecule has 0 bridgehead atoms. The molecule has 0 N–H and O–H groups in total. The van der Waals surface area contributed by atoms with Gasteiger partial charge in [0.1, 0.15) is 0 Å². The molecule has 0 unspecified atom stereocenters. The van der Waals surface area contributed by atoms with Crippen LogP contribution in [0, 0.1) is 17.0 Å². The summed E-state index contributed by atoms with van der Waals surface area (Å²) in [4.78, 5) is 18.0. The van der Waals surface area contributed by atoms with Crippen molar-refractivity contribution in [2.45, 2.75) is 6.92 Å². The smallest absolute Gasteiger partial charge is 0.313 e. The van der Waals surface area contributed by atoms with Crippen molar-refractivity contribution >= 4 is 28.9 Å². The van der Waals surface area contributed by atoms with E-state index in [9.17, 15) is 10.1 Å². The zero-order valence-electron chi connectivity index (χ0n) is 9.63. The fourth-order valence-corrected chi connectivity index (χ4v) is 1.68. The van der Waals surface area contributed by atoms with Crippen LogP contribution in [-0.2, 0) is 0 Å². The van der Waals surface area contributed by atoms with E-state index >= 15 is 0 Å². The zero-order valence-corrected chi connectivity index (χ0v) is 11.1. The summed E-state index contributed by atoms with van der Waals surface area (Å²) in [5, 5.41) is 11.0. The monoisotopic (exact) mass is 299 g/mol. The molecular weight excluding hydrogens is 293 g/mol. The van der Waals surface area contributed by atoms with Crippen molar-refractivity contribution in [3.05, 3.63) is 50.4 Å². The third kappa shape index (κ3) is 2.91. The molecule has 0 aliphatic rings. The molecule has 8 heteroatoms. The van der Waals surface area contributed by atoms with Gasteiger partial charge in [0.2, 0.25) is 16.9 Å². The van der Waals surface area contributed by atoms with E-state index in [0.717, 1.165) is 0 Å². The van der Waals surface area contributed by atoms with Crippen LogP contribution in [0.1, 0.15) is 5.56 Å². The molecule has 0 spiro atoms. The molecule has 2 rings (SSSR count). The number of hydrogen-bond donors (Lipinski definition) is 0. The molecule has 1 aromatic heterocycles. The third-order valence-corrected chi connectivity index (χ3v) is 2.72. The summed E-state index contributed by atoms with van der Waals surface area (Å²) < 4.78 is 5.40. The lowest BCUT2D eigenvalue weighted by atomic mass is 10.3. The van der Waals surface area contributed by atoms with E-state index in [4.69, 9.17) is 27.9 Å². The van der Waals surface area contributed by atoms with Gasteiger partial charge in [-0.1, -0.05) is 17.7 Å². The lowest BCUT2D eigenvalue weighted by Crippen LogP contribution is -1.98. The molecule has 0 aliphatic carbocycles. The van der Waals surface area contributed by atoms with Crippen LogP contribution >= 0.6 is 23.2 Å². The van der Waals surface area contributed by atoms with Gasteiger partial charge in [0, 0.05) is 17.8 Å². The minimum Gasteiger partial charge on any atom is -0.430 e. The van der Waals surface area contributed by atoms with Gasteiger partial charge in [-0.2, -0.15) is 4.98 Å². The molecule has 19 heavy (non-hydrogen) atoms. The van der Waals surface area contributed by atoms with E-state index in [1.165, 1.54) is 24.4 Å². The number of nitro benzene ring substituents is 1. The van der Waals surface area contributed by atoms with Gasteiger partial charge in [-0.05, 0) is 24.6 Å². The van der Waals surface area contributed by atoms with Gasteiger partial charge in [0.15, 0.2) is 0 Å². The lowest BCUT2D eigenvalue weighted by Gasteiger charge is -2.08. The Labute approximate surface area is 118 Å². The molecule has 0 atom stereocenters. The summed E-state index contributed by atoms with van der Waals surface area (Å²) in [6.45, 7) is 1.69. The Hall–Kier alpha value is -1.92. The Kier molecular flexibility index (Phi) is 3.82. The highest BCUT2D eigenvalue weighted by Crippen LogP contribution is 2.37. The van der Waals surface area contributed by atoms with Crippen LogP contribution in [0.4, 0.5) is 5.69 Å². The average molecular weight is 300 g/mol. The molecule has 98 valence electrons. The third-order valence-electron chi connectivity index (χ3n) is 2.24. The van der Waals surface area contributed by atoms with Crippen LogP contribution in [0.3, 0.4) is 0 Å². The van der Waals surface area contributed by atoms with Crippen LogP contribution in [0.15, 0.2) is 24.4 Å². The van der Waals surface area contributed by atoms with Gasteiger partial charge >= 0.3 is 5.69 Å². The predicted molar refractivity (Wildman–Crippen MR) is 70.0 cm³/mol.